The number of fused-ring (bicyclic) bond motifs is 1. The van der Waals surface area contributed by atoms with Crippen molar-refractivity contribution in [2.45, 2.75) is 45.2 Å². The first-order valence-electron chi connectivity index (χ1n) is 13.9. The zero-order valence-electron chi connectivity index (χ0n) is 24.6. The van der Waals surface area contributed by atoms with Crippen molar-refractivity contribution < 1.29 is 27.2 Å². The lowest BCUT2D eigenvalue weighted by Crippen LogP contribution is -2.30. The van der Waals surface area contributed by atoms with Crippen molar-refractivity contribution in [3.8, 4) is 0 Å². The second kappa shape index (κ2) is 10.4. The van der Waals surface area contributed by atoms with Crippen molar-refractivity contribution in [1.82, 2.24) is 4.57 Å². The van der Waals surface area contributed by atoms with E-state index in [1.807, 2.05) is 24.3 Å². The van der Waals surface area contributed by atoms with E-state index in [-0.39, 0.29) is 36.7 Å². The first-order chi connectivity index (χ1) is 18.8. The molecule has 5 nitrogen and oxygen atoms in total. The topological polar surface area (TPSA) is 69.6 Å². The summed E-state index contributed by atoms with van der Waals surface area (Å²) in [4.78, 5) is 0. The van der Waals surface area contributed by atoms with Crippen LogP contribution in [0.2, 0.25) is 0 Å². The Morgan fingerprint density at radius 2 is 1.65 bits per heavy atom. The summed E-state index contributed by atoms with van der Waals surface area (Å²) in [6.45, 7) is -7.26. The number of benzene rings is 3. The molecule has 0 bridgehead atoms. The van der Waals surface area contributed by atoms with E-state index in [1.54, 1.807) is 36.4 Å². The van der Waals surface area contributed by atoms with Gasteiger partial charge in [-0.3, -0.25) is 0 Å². The minimum Gasteiger partial charge on any atom is -0.396 e. The molecule has 0 aliphatic rings. The monoisotopic (exact) mass is 468 g/mol. The number of anilines is 1. The summed E-state index contributed by atoms with van der Waals surface area (Å²) in [5, 5.41) is 11.1. The Bertz CT molecular complexity index is 1410. The summed E-state index contributed by atoms with van der Waals surface area (Å²) in [6.07, 6.45) is -1.48. The van der Waals surface area contributed by atoms with Gasteiger partial charge in [0.25, 0.3) is 0 Å². The number of aromatic nitrogens is 1. The van der Waals surface area contributed by atoms with Gasteiger partial charge in [-0.25, -0.2) is 4.39 Å². The van der Waals surface area contributed by atoms with Crippen LogP contribution in [0, 0.1) is 5.82 Å². The normalized spacial score (nSPS) is 16.2. The quantitative estimate of drug-likeness (QED) is 0.242. The third-order valence-electron chi connectivity index (χ3n) is 5.51. The van der Waals surface area contributed by atoms with Gasteiger partial charge in [0, 0.05) is 30.8 Å². The van der Waals surface area contributed by atoms with Crippen molar-refractivity contribution in [3.63, 3.8) is 0 Å². The van der Waals surface area contributed by atoms with Gasteiger partial charge in [0.1, 0.15) is 5.82 Å². The lowest BCUT2D eigenvalue weighted by molar-refractivity contribution is -0.116. The molecule has 6 heteroatoms. The number of hydrogen-bond acceptors (Lipinski definition) is 4. The minimum absolute atomic E-state index is 0.0284. The highest BCUT2D eigenvalue weighted by Crippen LogP contribution is 2.33. The summed E-state index contributed by atoms with van der Waals surface area (Å²) in [5.74, 6) is -0.771. The number of nitrogen functional groups attached to an aromatic ring is 1. The molecule has 1 aromatic heterocycles. The fourth-order valence-corrected chi connectivity index (χ4v) is 3.80. The van der Waals surface area contributed by atoms with Crippen molar-refractivity contribution in [1.29, 1.82) is 0 Å². The van der Waals surface area contributed by atoms with E-state index in [9.17, 15) is 9.50 Å². The fourth-order valence-electron chi connectivity index (χ4n) is 3.80. The van der Waals surface area contributed by atoms with Crippen molar-refractivity contribution in [2.75, 3.05) is 12.3 Å². The van der Waals surface area contributed by atoms with Crippen LogP contribution in [-0.4, -0.2) is 22.6 Å². The molecular weight excluding hydrogens is 431 g/mol. The number of hydrogen-bond donors (Lipinski definition) is 2. The van der Waals surface area contributed by atoms with Crippen LogP contribution in [0.15, 0.2) is 78.9 Å². The van der Waals surface area contributed by atoms with Gasteiger partial charge in [0.05, 0.1) is 37.6 Å². The molecule has 0 spiro atoms. The first kappa shape index (κ1) is 17.3. The van der Waals surface area contributed by atoms with Crippen LogP contribution in [0.3, 0.4) is 0 Å². The van der Waals surface area contributed by atoms with Crippen LogP contribution in [0.1, 0.15) is 38.7 Å². The molecule has 0 unspecified atom stereocenters. The maximum Gasteiger partial charge on any atom is 0.173 e. The van der Waals surface area contributed by atoms with E-state index >= 15 is 0 Å². The lowest BCUT2D eigenvalue weighted by atomic mass is 9.90. The number of aliphatic hydroxyl groups is 1. The van der Waals surface area contributed by atoms with E-state index in [2.05, 4.69) is 0 Å². The zero-order chi connectivity index (χ0) is 29.1. The summed E-state index contributed by atoms with van der Waals surface area (Å²) in [5.41, 5.74) is 4.54. The van der Waals surface area contributed by atoms with Gasteiger partial charge >= 0.3 is 0 Å². The van der Waals surface area contributed by atoms with Crippen molar-refractivity contribution >= 4 is 16.6 Å². The van der Waals surface area contributed by atoms with Crippen LogP contribution in [-0.2, 0) is 34.6 Å². The Kier molecular flexibility index (Phi) is 5.28. The van der Waals surface area contributed by atoms with Crippen LogP contribution < -0.4 is 5.73 Å². The van der Waals surface area contributed by atoms with Gasteiger partial charge in [-0.2, -0.15) is 0 Å². The van der Waals surface area contributed by atoms with Gasteiger partial charge in [-0.05, 0) is 23.3 Å². The van der Waals surface area contributed by atoms with Crippen molar-refractivity contribution in [3.05, 3.63) is 102 Å². The summed E-state index contributed by atoms with van der Waals surface area (Å²) in [6, 6.07) is 21.8. The van der Waals surface area contributed by atoms with Gasteiger partial charge in [0.2, 0.25) is 0 Å². The van der Waals surface area contributed by atoms with E-state index < -0.39 is 37.8 Å². The van der Waals surface area contributed by atoms with Crippen LogP contribution >= 0.6 is 0 Å². The van der Waals surface area contributed by atoms with Gasteiger partial charge in [-0.15, -0.1) is 0 Å². The molecule has 1 atom stereocenters. The average molecular weight is 469 g/mol. The average Bonchev–Trinajstić information content (AvgIpc) is 3.21. The number of ether oxygens (including phenoxy) is 2. The number of aliphatic hydroxyl groups excluding tert-OH is 1. The molecule has 0 amide bonds. The third-order valence-corrected chi connectivity index (χ3v) is 5.51. The molecular formula is C28H31FN2O3. The molecule has 0 aliphatic heterocycles. The Hall–Kier alpha value is -3.19. The van der Waals surface area contributed by atoms with Gasteiger partial charge in [-0.1, -0.05) is 74.4 Å². The Balaban J connectivity index is 1.80. The molecule has 0 fully saturated rings. The van der Waals surface area contributed by atoms with Crippen molar-refractivity contribution in [2.24, 2.45) is 0 Å². The molecule has 0 radical (unpaired) electrons. The molecule has 3 N–H and O–H groups in total. The Morgan fingerprint density at radius 1 is 1.00 bits per heavy atom. The first-order valence-corrected chi connectivity index (χ1v) is 10.9. The highest BCUT2D eigenvalue weighted by atomic mass is 19.1. The van der Waals surface area contributed by atoms with E-state index in [1.165, 1.54) is 16.7 Å². The van der Waals surface area contributed by atoms with E-state index in [4.69, 9.17) is 23.4 Å². The number of halogens is 1. The molecule has 4 aromatic rings. The standard InChI is InChI=1S/C28H31FN2O3/c1-28(2,19-33-17-20-9-5-3-6-10-20)26-14-22-13-24(30)23(29)15-25(22)31(26)16-27(32)34-18-21-11-7-4-8-12-21/h3-15,27,32H,16-19,30H2,1-2H3/t27-/m0/s1/i1D3,2D3. The highest BCUT2D eigenvalue weighted by Gasteiger charge is 2.28. The van der Waals surface area contributed by atoms with Gasteiger partial charge < -0.3 is 24.9 Å². The second-order valence-corrected chi connectivity index (χ2v) is 8.21. The number of rotatable bonds is 10. The number of nitrogens with zero attached hydrogens (tertiary/aromatic N) is 1. The Labute approximate surface area is 208 Å². The van der Waals surface area contributed by atoms with E-state index in [0.717, 1.165) is 17.2 Å². The molecule has 0 saturated heterocycles. The predicted octanol–water partition coefficient (Wildman–Crippen LogP) is 5.39. The largest absolute Gasteiger partial charge is 0.396 e. The molecule has 0 aliphatic carbocycles. The third kappa shape index (κ3) is 5.65. The molecule has 34 heavy (non-hydrogen) atoms. The second-order valence-electron chi connectivity index (χ2n) is 8.21. The number of nitrogens with two attached hydrogens (primary N) is 1. The molecule has 0 saturated carbocycles. The summed E-state index contributed by atoms with van der Waals surface area (Å²) in [7, 11) is 0. The predicted molar refractivity (Wildman–Crippen MR) is 133 cm³/mol. The zero-order valence-corrected chi connectivity index (χ0v) is 18.6. The molecule has 4 rings (SSSR count). The maximum atomic E-state index is 14.6. The van der Waals surface area contributed by atoms with Crippen LogP contribution in [0.4, 0.5) is 10.1 Å². The lowest BCUT2D eigenvalue weighted by Gasteiger charge is -2.28. The fraction of sp³-hybridized carbons (Fsp3) is 0.286. The van der Waals surface area contributed by atoms with Gasteiger partial charge in [0.15, 0.2) is 6.29 Å². The van der Waals surface area contributed by atoms with Crippen LogP contribution in [0.5, 0.6) is 0 Å². The SMILES string of the molecule is [2H]C([2H])([2H])C(COCc1ccccc1)(c1cc2cc(N)c(F)cc2n1C[C@@H](O)OCc1ccccc1)C([2H])([2H])[2H]. The Morgan fingerprint density at radius 3 is 2.29 bits per heavy atom. The highest BCUT2D eigenvalue weighted by molar-refractivity contribution is 5.85. The molecule has 178 valence electrons. The van der Waals surface area contributed by atoms with E-state index in [0.29, 0.717) is 5.39 Å². The summed E-state index contributed by atoms with van der Waals surface area (Å²) < 4.78 is 77.8. The van der Waals surface area contributed by atoms with Crippen LogP contribution in [0.25, 0.3) is 10.9 Å². The summed E-state index contributed by atoms with van der Waals surface area (Å²) >= 11 is 0. The minimum atomic E-state index is -3.10. The molecule has 3 aromatic carbocycles. The maximum absolute atomic E-state index is 14.6. The smallest absolute Gasteiger partial charge is 0.173 e. The molecule has 1 heterocycles.